The van der Waals surface area contributed by atoms with Crippen molar-refractivity contribution in [3.8, 4) is 11.5 Å². The fourth-order valence-electron chi connectivity index (χ4n) is 4.23. The number of benzene rings is 1. The van der Waals surface area contributed by atoms with E-state index in [1.54, 1.807) is 0 Å². The van der Waals surface area contributed by atoms with Crippen molar-refractivity contribution in [1.82, 2.24) is 4.90 Å². The van der Waals surface area contributed by atoms with E-state index >= 15 is 0 Å². The van der Waals surface area contributed by atoms with Crippen LogP contribution in [0.3, 0.4) is 0 Å². The van der Waals surface area contributed by atoms with Crippen molar-refractivity contribution >= 4 is 5.78 Å². The summed E-state index contributed by atoms with van der Waals surface area (Å²) in [5, 5.41) is 0. The largest absolute Gasteiger partial charge is 0.493 e. The van der Waals surface area contributed by atoms with Gasteiger partial charge in [0.15, 0.2) is 6.61 Å². The predicted molar refractivity (Wildman–Crippen MR) is 88.3 cm³/mol. The molecule has 124 valence electrons. The number of Topliss-reactive ketones (excluding diaryl/α,β-unsaturated/α-hetero) is 1. The van der Waals surface area contributed by atoms with Gasteiger partial charge in [-0.2, -0.15) is 0 Å². The third kappa shape index (κ3) is 3.37. The van der Waals surface area contributed by atoms with Gasteiger partial charge in [0.05, 0.1) is 12.2 Å². The van der Waals surface area contributed by atoms with Gasteiger partial charge in [0, 0.05) is 25.7 Å². The standard InChI is InChI=1S/C19H25NO3/c21-18-13-23-19-10-16(6-7-17(18)19)22-9-1-8-20-11-14-2-3-15(12-20)5-4-14/h6-7,10,14-15H,1-5,8-9,11-13H2. The number of ketones is 1. The van der Waals surface area contributed by atoms with Gasteiger partial charge in [-0.1, -0.05) is 0 Å². The molecular formula is C19H25NO3. The van der Waals surface area contributed by atoms with Crippen LogP contribution in [0.25, 0.3) is 0 Å². The Morgan fingerprint density at radius 1 is 1.13 bits per heavy atom. The Balaban J connectivity index is 1.24. The number of nitrogens with zero attached hydrogens (tertiary/aromatic N) is 1. The highest BCUT2D eigenvalue weighted by molar-refractivity contribution is 6.02. The second kappa shape index (κ2) is 6.52. The molecular weight excluding hydrogens is 290 g/mol. The Hall–Kier alpha value is -1.55. The molecule has 0 radical (unpaired) electrons. The van der Waals surface area contributed by atoms with Gasteiger partial charge in [-0.3, -0.25) is 4.79 Å². The first-order valence-corrected chi connectivity index (χ1v) is 8.93. The molecule has 4 heteroatoms. The minimum atomic E-state index is 0.0577. The topological polar surface area (TPSA) is 38.8 Å². The summed E-state index contributed by atoms with van der Waals surface area (Å²) < 4.78 is 11.2. The molecule has 1 aromatic rings. The van der Waals surface area contributed by atoms with Crippen molar-refractivity contribution in [2.24, 2.45) is 11.8 Å². The Bertz CT molecular complexity index is 564. The van der Waals surface area contributed by atoms with Gasteiger partial charge in [0.25, 0.3) is 0 Å². The fourth-order valence-corrected chi connectivity index (χ4v) is 4.23. The van der Waals surface area contributed by atoms with Crippen LogP contribution in [0.2, 0.25) is 0 Å². The SMILES string of the molecule is O=C1COc2cc(OCCCN3CC4CCC(CC4)C3)ccc21. The molecule has 1 aromatic carbocycles. The zero-order valence-electron chi connectivity index (χ0n) is 13.6. The summed E-state index contributed by atoms with van der Waals surface area (Å²) in [5.41, 5.74) is 0.678. The number of fused-ring (bicyclic) bond motifs is 5. The van der Waals surface area contributed by atoms with Crippen LogP contribution in [0.4, 0.5) is 0 Å². The lowest BCUT2D eigenvalue weighted by atomic mass is 9.84. The van der Waals surface area contributed by atoms with Crippen molar-refractivity contribution in [3.63, 3.8) is 0 Å². The van der Waals surface area contributed by atoms with Crippen molar-refractivity contribution in [3.05, 3.63) is 23.8 Å². The molecule has 23 heavy (non-hydrogen) atoms. The van der Waals surface area contributed by atoms with Crippen LogP contribution in [0, 0.1) is 11.8 Å². The van der Waals surface area contributed by atoms with Gasteiger partial charge in [0.1, 0.15) is 11.5 Å². The number of carbonyl (C=O) groups excluding carboxylic acids is 1. The molecule has 0 amide bonds. The van der Waals surface area contributed by atoms with Gasteiger partial charge < -0.3 is 14.4 Å². The summed E-state index contributed by atoms with van der Waals surface area (Å²) in [4.78, 5) is 14.2. The lowest BCUT2D eigenvalue weighted by molar-refractivity contribution is 0.0961. The van der Waals surface area contributed by atoms with E-state index < -0.39 is 0 Å². The number of hydrogen-bond donors (Lipinski definition) is 0. The third-order valence-corrected chi connectivity index (χ3v) is 5.50. The molecule has 0 aromatic heterocycles. The first-order chi connectivity index (χ1) is 11.3. The Kier molecular flexibility index (Phi) is 4.25. The van der Waals surface area contributed by atoms with E-state index in [0.717, 1.165) is 37.2 Å². The first kappa shape index (κ1) is 15.0. The van der Waals surface area contributed by atoms with Crippen LogP contribution in [-0.4, -0.2) is 43.5 Å². The molecule has 3 fully saturated rings. The summed E-state index contributed by atoms with van der Waals surface area (Å²) in [6, 6.07) is 5.52. The predicted octanol–water partition coefficient (Wildman–Crippen LogP) is 3.15. The molecule has 4 nitrogen and oxygen atoms in total. The normalized spacial score (nSPS) is 26.7. The maximum absolute atomic E-state index is 11.5. The summed E-state index contributed by atoms with van der Waals surface area (Å²) in [6.07, 6.45) is 6.80. The van der Waals surface area contributed by atoms with E-state index in [2.05, 4.69) is 4.90 Å². The van der Waals surface area contributed by atoms with Gasteiger partial charge >= 0.3 is 0 Å². The van der Waals surface area contributed by atoms with Crippen LogP contribution in [0.5, 0.6) is 11.5 Å². The summed E-state index contributed by atoms with van der Waals surface area (Å²) in [5.74, 6) is 3.38. The van der Waals surface area contributed by atoms with Gasteiger partial charge in [-0.05, 0) is 56.1 Å². The van der Waals surface area contributed by atoms with E-state index in [1.165, 1.54) is 38.8 Å². The number of hydrogen-bond acceptors (Lipinski definition) is 4. The highest BCUT2D eigenvalue weighted by atomic mass is 16.5. The average molecular weight is 315 g/mol. The second-order valence-corrected chi connectivity index (χ2v) is 7.22. The van der Waals surface area contributed by atoms with Crippen LogP contribution in [0.15, 0.2) is 18.2 Å². The maximum Gasteiger partial charge on any atom is 0.203 e. The summed E-state index contributed by atoms with van der Waals surface area (Å²) in [7, 11) is 0. The molecule has 2 bridgehead atoms. The molecule has 5 rings (SSSR count). The van der Waals surface area contributed by atoms with Crippen LogP contribution in [0.1, 0.15) is 42.5 Å². The maximum atomic E-state index is 11.5. The smallest absolute Gasteiger partial charge is 0.203 e. The lowest BCUT2D eigenvalue weighted by Gasteiger charge is -2.22. The Morgan fingerprint density at radius 2 is 1.87 bits per heavy atom. The number of ether oxygens (including phenoxy) is 2. The average Bonchev–Trinajstić information content (AvgIpc) is 2.75. The van der Waals surface area contributed by atoms with E-state index in [4.69, 9.17) is 9.47 Å². The Morgan fingerprint density at radius 3 is 2.61 bits per heavy atom. The molecule has 0 spiro atoms. The van der Waals surface area contributed by atoms with Crippen LogP contribution < -0.4 is 9.47 Å². The molecule has 0 N–H and O–H groups in total. The first-order valence-electron chi connectivity index (χ1n) is 8.93. The highest BCUT2D eigenvalue weighted by Crippen LogP contribution is 2.34. The molecule has 1 aliphatic carbocycles. The summed E-state index contributed by atoms with van der Waals surface area (Å²) in [6.45, 7) is 4.58. The molecule has 3 aliphatic heterocycles. The van der Waals surface area contributed by atoms with Gasteiger partial charge in [-0.15, -0.1) is 0 Å². The van der Waals surface area contributed by atoms with Crippen molar-refractivity contribution < 1.29 is 14.3 Å². The zero-order valence-corrected chi connectivity index (χ0v) is 13.6. The monoisotopic (exact) mass is 315 g/mol. The molecule has 1 saturated carbocycles. The molecule has 4 aliphatic rings. The van der Waals surface area contributed by atoms with Crippen LogP contribution >= 0.6 is 0 Å². The molecule has 3 heterocycles. The van der Waals surface area contributed by atoms with E-state index in [1.807, 2.05) is 18.2 Å². The fraction of sp³-hybridized carbons (Fsp3) is 0.632. The van der Waals surface area contributed by atoms with Gasteiger partial charge in [-0.25, -0.2) is 0 Å². The molecule has 0 atom stereocenters. The van der Waals surface area contributed by atoms with E-state index in [0.29, 0.717) is 11.3 Å². The zero-order chi connectivity index (χ0) is 15.6. The van der Waals surface area contributed by atoms with Crippen molar-refractivity contribution in [2.75, 3.05) is 32.8 Å². The Labute approximate surface area is 137 Å². The number of rotatable bonds is 5. The molecule has 2 saturated heterocycles. The van der Waals surface area contributed by atoms with Gasteiger partial charge in [0.2, 0.25) is 5.78 Å². The quantitative estimate of drug-likeness (QED) is 0.783. The van der Waals surface area contributed by atoms with E-state index in [-0.39, 0.29) is 12.4 Å². The minimum absolute atomic E-state index is 0.0577. The third-order valence-electron chi connectivity index (χ3n) is 5.50. The minimum Gasteiger partial charge on any atom is -0.493 e. The van der Waals surface area contributed by atoms with Crippen molar-refractivity contribution in [1.29, 1.82) is 0 Å². The van der Waals surface area contributed by atoms with E-state index in [9.17, 15) is 4.79 Å². The van der Waals surface area contributed by atoms with Crippen molar-refractivity contribution in [2.45, 2.75) is 32.1 Å². The summed E-state index contributed by atoms with van der Waals surface area (Å²) >= 11 is 0. The molecule has 0 unspecified atom stereocenters. The highest BCUT2D eigenvalue weighted by Gasteiger charge is 2.28. The second-order valence-electron chi connectivity index (χ2n) is 7.22. The lowest BCUT2D eigenvalue weighted by Crippen LogP contribution is -2.30. The number of carbonyl (C=O) groups is 1. The van der Waals surface area contributed by atoms with Crippen LogP contribution in [-0.2, 0) is 0 Å².